The number of amides is 2. The van der Waals surface area contributed by atoms with Crippen LogP contribution in [0.25, 0.3) is 0 Å². The number of carboxylic acid groups (broad SMARTS) is 1. The average molecular weight is 260 g/mol. The number of ether oxygens (including phenoxy) is 2. The van der Waals surface area contributed by atoms with Gasteiger partial charge in [-0.15, -0.1) is 0 Å². The van der Waals surface area contributed by atoms with Crippen LogP contribution in [0.5, 0.6) is 0 Å². The van der Waals surface area contributed by atoms with Crippen LogP contribution in [-0.4, -0.2) is 56.6 Å². The van der Waals surface area contributed by atoms with E-state index in [0.29, 0.717) is 19.1 Å². The third-order valence-electron chi connectivity index (χ3n) is 2.79. The van der Waals surface area contributed by atoms with Crippen LogP contribution in [0, 0.1) is 5.92 Å². The average Bonchev–Trinajstić information content (AvgIpc) is 2.84. The van der Waals surface area contributed by atoms with Gasteiger partial charge >= 0.3 is 12.0 Å². The molecule has 2 amide bonds. The minimum Gasteiger partial charge on any atom is -0.480 e. The first kappa shape index (κ1) is 14.7. The lowest BCUT2D eigenvalue weighted by Crippen LogP contribution is -2.47. The number of urea groups is 1. The highest BCUT2D eigenvalue weighted by Crippen LogP contribution is 2.10. The molecular weight excluding hydrogens is 240 g/mol. The summed E-state index contributed by atoms with van der Waals surface area (Å²) in [7, 11) is 1.49. The molecule has 7 nitrogen and oxygen atoms in total. The van der Waals surface area contributed by atoms with Crippen LogP contribution in [-0.2, 0) is 14.3 Å². The van der Waals surface area contributed by atoms with Crippen molar-refractivity contribution in [1.82, 2.24) is 10.6 Å². The summed E-state index contributed by atoms with van der Waals surface area (Å²) in [6.45, 7) is 2.15. The van der Waals surface area contributed by atoms with Crippen molar-refractivity contribution in [2.45, 2.75) is 18.9 Å². The molecule has 2 atom stereocenters. The van der Waals surface area contributed by atoms with E-state index in [9.17, 15) is 9.59 Å². The number of hydrogen-bond acceptors (Lipinski definition) is 4. The van der Waals surface area contributed by atoms with Crippen molar-refractivity contribution in [3.8, 4) is 0 Å². The summed E-state index contributed by atoms with van der Waals surface area (Å²) in [6, 6.07) is -1.39. The maximum Gasteiger partial charge on any atom is 0.326 e. The quantitative estimate of drug-likeness (QED) is 0.589. The molecular formula is C11H20N2O5. The summed E-state index contributed by atoms with van der Waals surface area (Å²) < 4.78 is 9.97. The molecule has 1 aliphatic heterocycles. The fourth-order valence-corrected chi connectivity index (χ4v) is 1.68. The zero-order valence-electron chi connectivity index (χ0n) is 10.5. The zero-order valence-corrected chi connectivity index (χ0v) is 10.5. The Morgan fingerprint density at radius 1 is 1.56 bits per heavy atom. The summed E-state index contributed by atoms with van der Waals surface area (Å²) in [4.78, 5) is 22.4. The highest BCUT2D eigenvalue weighted by Gasteiger charge is 2.21. The van der Waals surface area contributed by atoms with Crippen LogP contribution in [0.1, 0.15) is 12.8 Å². The third-order valence-corrected chi connectivity index (χ3v) is 2.79. The van der Waals surface area contributed by atoms with Gasteiger partial charge in [0, 0.05) is 39.2 Å². The molecule has 3 N–H and O–H groups in total. The molecule has 2 unspecified atom stereocenters. The molecule has 1 heterocycles. The number of carboxylic acids is 1. The number of carbonyl (C=O) groups excluding carboxylic acids is 1. The second kappa shape index (κ2) is 7.88. The molecule has 0 aliphatic carbocycles. The maximum absolute atomic E-state index is 11.5. The first-order chi connectivity index (χ1) is 8.63. The lowest BCUT2D eigenvalue weighted by molar-refractivity contribution is -0.139. The Morgan fingerprint density at radius 3 is 2.89 bits per heavy atom. The monoisotopic (exact) mass is 260 g/mol. The molecule has 1 aliphatic rings. The Morgan fingerprint density at radius 2 is 2.33 bits per heavy atom. The summed E-state index contributed by atoms with van der Waals surface area (Å²) in [6.07, 6.45) is 1.16. The van der Waals surface area contributed by atoms with E-state index in [1.807, 2.05) is 0 Å². The molecule has 0 aromatic carbocycles. The second-order valence-electron chi connectivity index (χ2n) is 4.26. The van der Waals surface area contributed by atoms with E-state index in [1.54, 1.807) is 0 Å². The van der Waals surface area contributed by atoms with E-state index in [0.717, 1.165) is 13.0 Å². The Hall–Kier alpha value is -1.34. The SMILES string of the molecule is COCCC(NC(=O)NCC1CCOC1)C(=O)O. The second-order valence-corrected chi connectivity index (χ2v) is 4.26. The number of hydrogen-bond donors (Lipinski definition) is 3. The zero-order chi connectivity index (χ0) is 13.4. The Labute approximate surface area is 106 Å². The first-order valence-electron chi connectivity index (χ1n) is 5.97. The third kappa shape index (κ3) is 5.33. The summed E-state index contributed by atoms with van der Waals surface area (Å²) in [5.41, 5.74) is 0. The van der Waals surface area contributed by atoms with Gasteiger partial charge in [0.05, 0.1) is 6.61 Å². The van der Waals surface area contributed by atoms with E-state index in [2.05, 4.69) is 10.6 Å². The summed E-state index contributed by atoms with van der Waals surface area (Å²) >= 11 is 0. The van der Waals surface area contributed by atoms with E-state index in [-0.39, 0.29) is 13.0 Å². The smallest absolute Gasteiger partial charge is 0.326 e. The molecule has 1 saturated heterocycles. The number of methoxy groups -OCH3 is 1. The molecule has 0 spiro atoms. The predicted molar refractivity (Wildman–Crippen MR) is 63.4 cm³/mol. The molecule has 0 bridgehead atoms. The fraction of sp³-hybridized carbons (Fsp3) is 0.818. The van der Waals surface area contributed by atoms with Gasteiger partial charge in [0.2, 0.25) is 0 Å². The van der Waals surface area contributed by atoms with Gasteiger partial charge in [-0.05, 0) is 6.42 Å². The fourth-order valence-electron chi connectivity index (χ4n) is 1.68. The van der Waals surface area contributed by atoms with Crippen molar-refractivity contribution in [2.24, 2.45) is 5.92 Å². The largest absolute Gasteiger partial charge is 0.480 e. The van der Waals surface area contributed by atoms with Gasteiger partial charge in [0.25, 0.3) is 0 Å². The van der Waals surface area contributed by atoms with E-state index in [4.69, 9.17) is 14.6 Å². The van der Waals surface area contributed by atoms with Gasteiger partial charge in [-0.2, -0.15) is 0 Å². The van der Waals surface area contributed by atoms with Gasteiger partial charge in [-0.25, -0.2) is 9.59 Å². The number of nitrogens with one attached hydrogen (secondary N) is 2. The van der Waals surface area contributed by atoms with Gasteiger partial charge < -0.3 is 25.2 Å². The number of carbonyl (C=O) groups is 2. The molecule has 104 valence electrons. The minimum atomic E-state index is -1.06. The van der Waals surface area contributed by atoms with E-state index < -0.39 is 18.0 Å². The van der Waals surface area contributed by atoms with Crippen molar-refractivity contribution in [3.63, 3.8) is 0 Å². The van der Waals surface area contributed by atoms with Crippen molar-refractivity contribution in [1.29, 1.82) is 0 Å². The van der Waals surface area contributed by atoms with Gasteiger partial charge in [-0.3, -0.25) is 0 Å². The van der Waals surface area contributed by atoms with E-state index in [1.165, 1.54) is 7.11 Å². The van der Waals surface area contributed by atoms with Crippen molar-refractivity contribution in [3.05, 3.63) is 0 Å². The lowest BCUT2D eigenvalue weighted by Gasteiger charge is -2.15. The highest BCUT2D eigenvalue weighted by molar-refractivity contribution is 5.82. The van der Waals surface area contributed by atoms with Crippen LogP contribution in [0.2, 0.25) is 0 Å². The first-order valence-corrected chi connectivity index (χ1v) is 5.97. The lowest BCUT2D eigenvalue weighted by atomic mass is 10.1. The molecule has 0 aromatic rings. The summed E-state index contributed by atoms with van der Waals surface area (Å²) in [5.74, 6) is -0.746. The minimum absolute atomic E-state index is 0.242. The Kier molecular flexibility index (Phi) is 6.45. The molecule has 0 radical (unpaired) electrons. The normalized spacial score (nSPS) is 20.4. The van der Waals surface area contributed by atoms with Crippen LogP contribution >= 0.6 is 0 Å². The molecule has 1 fully saturated rings. The molecule has 1 rings (SSSR count). The van der Waals surface area contributed by atoms with Crippen LogP contribution < -0.4 is 10.6 Å². The van der Waals surface area contributed by atoms with Crippen LogP contribution in [0.4, 0.5) is 4.79 Å². The van der Waals surface area contributed by atoms with Crippen molar-refractivity contribution in [2.75, 3.05) is 33.5 Å². The molecule has 18 heavy (non-hydrogen) atoms. The number of aliphatic carboxylic acids is 1. The van der Waals surface area contributed by atoms with Gasteiger partial charge in [0.1, 0.15) is 6.04 Å². The Bertz CT molecular complexity index is 279. The van der Waals surface area contributed by atoms with Crippen molar-refractivity contribution >= 4 is 12.0 Å². The van der Waals surface area contributed by atoms with E-state index >= 15 is 0 Å². The summed E-state index contributed by atoms with van der Waals surface area (Å²) in [5, 5.41) is 14.0. The van der Waals surface area contributed by atoms with Crippen LogP contribution in [0.3, 0.4) is 0 Å². The van der Waals surface area contributed by atoms with Gasteiger partial charge in [-0.1, -0.05) is 0 Å². The maximum atomic E-state index is 11.5. The molecule has 0 aromatic heterocycles. The predicted octanol–water partition coefficient (Wildman–Crippen LogP) is -0.188. The standard InChI is InChI=1S/C11H20N2O5/c1-17-4-3-9(10(14)15)13-11(16)12-6-8-2-5-18-7-8/h8-9H,2-7H2,1H3,(H,14,15)(H2,12,13,16). The number of rotatable bonds is 7. The highest BCUT2D eigenvalue weighted by atomic mass is 16.5. The van der Waals surface area contributed by atoms with Crippen molar-refractivity contribution < 1.29 is 24.2 Å². The molecule has 7 heteroatoms. The van der Waals surface area contributed by atoms with Crippen LogP contribution in [0.15, 0.2) is 0 Å². The Balaban J connectivity index is 2.24. The van der Waals surface area contributed by atoms with Gasteiger partial charge in [0.15, 0.2) is 0 Å². The topological polar surface area (TPSA) is 96.9 Å². The molecule has 0 saturated carbocycles.